The Morgan fingerprint density at radius 2 is 2.09 bits per heavy atom. The molecule has 2 aromatic rings. The highest BCUT2D eigenvalue weighted by atomic mass is 16.5. The van der Waals surface area contributed by atoms with Crippen molar-refractivity contribution in [2.75, 3.05) is 29.9 Å². The number of carbonyl (C=O) groups is 1. The Hall–Kier alpha value is -2.56. The highest BCUT2D eigenvalue weighted by Gasteiger charge is 2.21. The molecule has 0 spiro atoms. The standard InChI is InChI=1S/C18H19N3O2/c22-18(20-14-5-6-16-13(12-14)7-11-23-16)15-4-3-8-19-17(15)21-9-1-2-10-21/h3-6,8,12H,1-2,7,9-11H2,(H,20,22). The van der Waals surface area contributed by atoms with Crippen LogP contribution in [0.25, 0.3) is 0 Å². The summed E-state index contributed by atoms with van der Waals surface area (Å²) >= 11 is 0. The molecule has 23 heavy (non-hydrogen) atoms. The molecule has 0 saturated carbocycles. The lowest BCUT2D eigenvalue weighted by Gasteiger charge is -2.19. The van der Waals surface area contributed by atoms with Gasteiger partial charge in [-0.25, -0.2) is 4.98 Å². The predicted octanol–water partition coefficient (Wildman–Crippen LogP) is 2.87. The van der Waals surface area contributed by atoms with E-state index in [9.17, 15) is 4.79 Å². The van der Waals surface area contributed by atoms with Crippen LogP contribution in [0.2, 0.25) is 0 Å². The number of nitrogens with zero attached hydrogens (tertiary/aromatic N) is 2. The van der Waals surface area contributed by atoms with E-state index in [1.807, 2.05) is 30.3 Å². The van der Waals surface area contributed by atoms with E-state index < -0.39 is 0 Å². The number of rotatable bonds is 3. The summed E-state index contributed by atoms with van der Waals surface area (Å²) in [6.07, 6.45) is 4.95. The molecular formula is C18H19N3O2. The molecule has 0 aliphatic carbocycles. The third-order valence-electron chi connectivity index (χ3n) is 4.38. The van der Waals surface area contributed by atoms with Crippen LogP contribution in [0.15, 0.2) is 36.5 Å². The van der Waals surface area contributed by atoms with Gasteiger partial charge in [-0.05, 0) is 48.7 Å². The van der Waals surface area contributed by atoms with Gasteiger partial charge in [0.05, 0.1) is 12.2 Å². The first-order valence-electron chi connectivity index (χ1n) is 8.08. The van der Waals surface area contributed by atoms with Crippen LogP contribution >= 0.6 is 0 Å². The van der Waals surface area contributed by atoms with Crippen LogP contribution in [0.5, 0.6) is 5.75 Å². The Morgan fingerprint density at radius 3 is 2.96 bits per heavy atom. The van der Waals surface area contributed by atoms with E-state index in [-0.39, 0.29) is 5.91 Å². The van der Waals surface area contributed by atoms with Gasteiger partial charge in [-0.1, -0.05) is 0 Å². The van der Waals surface area contributed by atoms with Crippen LogP contribution in [0.1, 0.15) is 28.8 Å². The molecule has 1 aromatic heterocycles. The fraction of sp³-hybridized carbons (Fsp3) is 0.333. The maximum Gasteiger partial charge on any atom is 0.259 e. The number of ether oxygens (including phenoxy) is 1. The van der Waals surface area contributed by atoms with E-state index in [0.29, 0.717) is 12.2 Å². The van der Waals surface area contributed by atoms with Gasteiger partial charge in [0.1, 0.15) is 11.6 Å². The number of carbonyl (C=O) groups excluding carboxylic acids is 1. The van der Waals surface area contributed by atoms with Gasteiger partial charge in [0.25, 0.3) is 5.91 Å². The minimum atomic E-state index is -0.112. The lowest BCUT2D eigenvalue weighted by molar-refractivity contribution is 0.102. The zero-order valence-electron chi connectivity index (χ0n) is 12.9. The summed E-state index contributed by atoms with van der Waals surface area (Å²) in [5.41, 5.74) is 2.58. The molecule has 1 amide bonds. The maximum atomic E-state index is 12.7. The highest BCUT2D eigenvalue weighted by molar-refractivity contribution is 6.07. The van der Waals surface area contributed by atoms with Crippen molar-refractivity contribution in [3.8, 4) is 5.75 Å². The number of fused-ring (bicyclic) bond motifs is 1. The Bertz CT molecular complexity index is 739. The van der Waals surface area contributed by atoms with Crippen LogP contribution < -0.4 is 15.0 Å². The van der Waals surface area contributed by atoms with Crippen LogP contribution in [0.3, 0.4) is 0 Å². The Balaban J connectivity index is 1.57. The van der Waals surface area contributed by atoms with Gasteiger partial charge in [-0.2, -0.15) is 0 Å². The van der Waals surface area contributed by atoms with Crippen LogP contribution in [-0.2, 0) is 6.42 Å². The number of nitrogens with one attached hydrogen (secondary N) is 1. The molecule has 0 bridgehead atoms. The number of amides is 1. The third kappa shape index (κ3) is 2.74. The largest absolute Gasteiger partial charge is 0.493 e. The molecule has 4 rings (SSSR count). The first-order chi connectivity index (χ1) is 11.3. The topological polar surface area (TPSA) is 54.5 Å². The second-order valence-electron chi connectivity index (χ2n) is 5.94. The van der Waals surface area contributed by atoms with Gasteiger partial charge in [-0.3, -0.25) is 4.79 Å². The number of hydrogen-bond donors (Lipinski definition) is 1. The molecule has 1 fully saturated rings. The zero-order valence-corrected chi connectivity index (χ0v) is 12.9. The number of aromatic nitrogens is 1. The highest BCUT2D eigenvalue weighted by Crippen LogP contribution is 2.28. The number of anilines is 2. The Labute approximate surface area is 135 Å². The molecule has 1 N–H and O–H groups in total. The van der Waals surface area contributed by atoms with Crippen molar-refractivity contribution in [1.82, 2.24) is 4.98 Å². The van der Waals surface area contributed by atoms with Crippen molar-refractivity contribution in [2.45, 2.75) is 19.3 Å². The number of hydrogen-bond acceptors (Lipinski definition) is 4. The quantitative estimate of drug-likeness (QED) is 0.947. The second kappa shape index (κ2) is 5.91. The zero-order chi connectivity index (χ0) is 15.6. The fourth-order valence-corrected chi connectivity index (χ4v) is 3.22. The molecule has 3 heterocycles. The van der Waals surface area contributed by atoms with Gasteiger partial charge in [-0.15, -0.1) is 0 Å². The first-order valence-corrected chi connectivity index (χ1v) is 8.08. The van der Waals surface area contributed by atoms with Gasteiger partial charge in [0, 0.05) is 31.4 Å². The van der Waals surface area contributed by atoms with Crippen molar-refractivity contribution in [1.29, 1.82) is 0 Å². The van der Waals surface area contributed by atoms with E-state index in [4.69, 9.17) is 4.74 Å². The third-order valence-corrected chi connectivity index (χ3v) is 4.38. The SMILES string of the molecule is O=C(Nc1ccc2c(c1)CCO2)c1cccnc1N1CCCC1. The lowest BCUT2D eigenvalue weighted by atomic mass is 10.1. The number of pyridine rings is 1. The monoisotopic (exact) mass is 309 g/mol. The normalized spacial score (nSPS) is 16.1. The van der Waals surface area contributed by atoms with Crippen molar-refractivity contribution in [3.63, 3.8) is 0 Å². The van der Waals surface area contributed by atoms with Crippen LogP contribution in [0, 0.1) is 0 Å². The maximum absolute atomic E-state index is 12.7. The summed E-state index contributed by atoms with van der Waals surface area (Å²) in [5.74, 6) is 1.59. The minimum Gasteiger partial charge on any atom is -0.493 e. The summed E-state index contributed by atoms with van der Waals surface area (Å²) in [4.78, 5) is 19.3. The lowest BCUT2D eigenvalue weighted by Crippen LogP contribution is -2.24. The average Bonchev–Trinajstić information content (AvgIpc) is 3.26. The Kier molecular flexibility index (Phi) is 3.61. The molecule has 0 atom stereocenters. The van der Waals surface area contributed by atoms with Crippen molar-refractivity contribution < 1.29 is 9.53 Å². The molecule has 5 nitrogen and oxygen atoms in total. The second-order valence-corrected chi connectivity index (χ2v) is 5.94. The Morgan fingerprint density at radius 1 is 1.22 bits per heavy atom. The van der Waals surface area contributed by atoms with E-state index in [1.54, 1.807) is 6.20 Å². The van der Waals surface area contributed by atoms with E-state index in [0.717, 1.165) is 55.2 Å². The van der Waals surface area contributed by atoms with Crippen molar-refractivity contribution in [3.05, 3.63) is 47.7 Å². The molecule has 0 radical (unpaired) electrons. The van der Waals surface area contributed by atoms with Crippen molar-refractivity contribution >= 4 is 17.4 Å². The fourth-order valence-electron chi connectivity index (χ4n) is 3.22. The summed E-state index contributed by atoms with van der Waals surface area (Å²) in [6, 6.07) is 9.44. The van der Waals surface area contributed by atoms with Crippen LogP contribution in [0.4, 0.5) is 11.5 Å². The average molecular weight is 309 g/mol. The smallest absolute Gasteiger partial charge is 0.259 e. The first kappa shape index (κ1) is 14.1. The van der Waals surface area contributed by atoms with Gasteiger partial charge in [0.2, 0.25) is 0 Å². The van der Waals surface area contributed by atoms with E-state index >= 15 is 0 Å². The van der Waals surface area contributed by atoms with Crippen molar-refractivity contribution in [2.24, 2.45) is 0 Å². The summed E-state index contributed by atoms with van der Waals surface area (Å²) in [7, 11) is 0. The predicted molar refractivity (Wildman–Crippen MR) is 89.3 cm³/mol. The molecule has 1 aromatic carbocycles. The van der Waals surface area contributed by atoms with Crippen LogP contribution in [-0.4, -0.2) is 30.6 Å². The summed E-state index contributed by atoms with van der Waals surface area (Å²) in [6.45, 7) is 2.65. The molecule has 0 unspecified atom stereocenters. The summed E-state index contributed by atoms with van der Waals surface area (Å²) < 4.78 is 5.50. The van der Waals surface area contributed by atoms with E-state index in [2.05, 4.69) is 15.2 Å². The molecule has 5 heteroatoms. The van der Waals surface area contributed by atoms with Gasteiger partial charge in [0.15, 0.2) is 0 Å². The summed E-state index contributed by atoms with van der Waals surface area (Å²) in [5, 5.41) is 2.99. The number of benzene rings is 1. The van der Waals surface area contributed by atoms with Gasteiger partial charge < -0.3 is 15.0 Å². The molecular weight excluding hydrogens is 290 g/mol. The molecule has 1 saturated heterocycles. The molecule has 118 valence electrons. The van der Waals surface area contributed by atoms with E-state index in [1.165, 1.54) is 0 Å². The van der Waals surface area contributed by atoms with Gasteiger partial charge >= 0.3 is 0 Å². The minimum absolute atomic E-state index is 0.112. The molecule has 2 aliphatic heterocycles. The molecule has 2 aliphatic rings.